The Hall–Kier alpha value is -2.51. The molecule has 8 nitrogen and oxygen atoms in total. The van der Waals surface area contributed by atoms with Gasteiger partial charge in [0.2, 0.25) is 11.5 Å². The number of nitrogens with zero attached hydrogens (tertiary/aromatic N) is 7. The lowest BCUT2D eigenvalue weighted by Gasteiger charge is -2.18. The van der Waals surface area contributed by atoms with Gasteiger partial charge in [0.15, 0.2) is 5.82 Å². The lowest BCUT2D eigenvalue weighted by molar-refractivity contribution is 0.358. The molecule has 0 radical (unpaired) electrons. The van der Waals surface area contributed by atoms with Crippen LogP contribution in [0.5, 0.6) is 0 Å². The van der Waals surface area contributed by atoms with E-state index in [-0.39, 0.29) is 0 Å². The van der Waals surface area contributed by atoms with Crippen LogP contribution in [0.1, 0.15) is 50.0 Å². The van der Waals surface area contributed by atoms with Gasteiger partial charge in [-0.05, 0) is 24.8 Å². The Labute approximate surface area is 139 Å². The maximum Gasteiger partial charge on any atom is 0.226 e. The van der Waals surface area contributed by atoms with Gasteiger partial charge >= 0.3 is 0 Å². The number of fused-ring (bicyclic) bond motifs is 1. The fourth-order valence-electron chi connectivity index (χ4n) is 2.77. The Bertz CT molecular complexity index is 849. The summed E-state index contributed by atoms with van der Waals surface area (Å²) in [5, 5.41) is 16.9. The molecule has 0 unspecified atom stereocenters. The van der Waals surface area contributed by atoms with Crippen molar-refractivity contribution in [3.8, 4) is 0 Å². The molecule has 0 spiro atoms. The average Bonchev–Trinajstić information content (AvgIpc) is 3.13. The Kier molecular flexibility index (Phi) is 3.66. The molecule has 0 aliphatic heterocycles. The minimum atomic E-state index is 0.493. The molecule has 0 saturated heterocycles. The van der Waals surface area contributed by atoms with E-state index in [4.69, 9.17) is 4.52 Å². The van der Waals surface area contributed by atoms with Gasteiger partial charge in [0, 0.05) is 19.4 Å². The summed E-state index contributed by atoms with van der Waals surface area (Å²) in [7, 11) is 2.00. The van der Waals surface area contributed by atoms with E-state index in [1.165, 1.54) is 12.8 Å². The average molecular weight is 327 g/mol. The minimum Gasteiger partial charge on any atom is -0.364 e. The molecule has 1 fully saturated rings. The molecule has 1 aliphatic carbocycles. The van der Waals surface area contributed by atoms with Crippen LogP contribution in [0, 0.1) is 5.92 Å². The van der Waals surface area contributed by atoms with Crippen LogP contribution in [0.25, 0.3) is 5.65 Å². The maximum atomic E-state index is 5.32. The van der Waals surface area contributed by atoms with Gasteiger partial charge in [-0.25, -0.2) is 0 Å². The zero-order valence-electron chi connectivity index (χ0n) is 14.2. The van der Waals surface area contributed by atoms with Crippen molar-refractivity contribution in [2.75, 3.05) is 11.9 Å². The van der Waals surface area contributed by atoms with Crippen molar-refractivity contribution in [1.82, 2.24) is 30.0 Å². The molecule has 8 heteroatoms. The summed E-state index contributed by atoms with van der Waals surface area (Å²) in [4.78, 5) is 6.55. The van der Waals surface area contributed by atoms with Crippen molar-refractivity contribution in [2.45, 2.75) is 45.6 Å². The highest BCUT2D eigenvalue weighted by molar-refractivity contribution is 5.68. The molecule has 0 bridgehead atoms. The highest BCUT2D eigenvalue weighted by atomic mass is 16.5. The van der Waals surface area contributed by atoms with Gasteiger partial charge in [-0.3, -0.25) is 0 Å². The highest BCUT2D eigenvalue weighted by Gasteiger charge is 2.27. The second-order valence-electron chi connectivity index (χ2n) is 6.89. The van der Waals surface area contributed by atoms with Crippen molar-refractivity contribution in [1.29, 1.82) is 0 Å². The SMILES string of the molecule is CC(C)Cc1nc(CN(C)c2cc(C3CC3)nn3cnnc23)no1. The Morgan fingerprint density at radius 3 is 2.96 bits per heavy atom. The summed E-state index contributed by atoms with van der Waals surface area (Å²) in [6.07, 6.45) is 4.85. The van der Waals surface area contributed by atoms with Gasteiger partial charge < -0.3 is 9.42 Å². The smallest absolute Gasteiger partial charge is 0.226 e. The number of anilines is 1. The van der Waals surface area contributed by atoms with Gasteiger partial charge in [-0.2, -0.15) is 14.6 Å². The molecule has 3 aromatic rings. The summed E-state index contributed by atoms with van der Waals surface area (Å²) >= 11 is 0. The number of aromatic nitrogens is 6. The van der Waals surface area contributed by atoms with E-state index in [0.29, 0.717) is 30.1 Å². The Morgan fingerprint density at radius 1 is 1.38 bits per heavy atom. The molecule has 4 rings (SSSR count). The lowest BCUT2D eigenvalue weighted by atomic mass is 10.1. The van der Waals surface area contributed by atoms with Crippen molar-refractivity contribution in [2.24, 2.45) is 5.92 Å². The van der Waals surface area contributed by atoms with E-state index < -0.39 is 0 Å². The predicted molar refractivity (Wildman–Crippen MR) is 87.7 cm³/mol. The molecule has 0 atom stereocenters. The monoisotopic (exact) mass is 327 g/mol. The van der Waals surface area contributed by atoms with Crippen molar-refractivity contribution in [3.05, 3.63) is 29.8 Å². The van der Waals surface area contributed by atoms with Crippen LogP contribution in [0.2, 0.25) is 0 Å². The normalized spacial score (nSPS) is 14.7. The zero-order valence-corrected chi connectivity index (χ0v) is 14.2. The molecular weight excluding hydrogens is 306 g/mol. The standard InChI is InChI=1S/C16H21N7O/c1-10(2)6-15-18-14(21-24-15)8-22(3)13-7-12(11-4-5-11)20-23-9-17-19-16(13)23/h7,9-11H,4-6,8H2,1-3H3. The van der Waals surface area contributed by atoms with Crippen LogP contribution in [-0.2, 0) is 13.0 Å². The first-order chi connectivity index (χ1) is 11.6. The van der Waals surface area contributed by atoms with Crippen molar-refractivity contribution < 1.29 is 4.52 Å². The van der Waals surface area contributed by atoms with Crippen LogP contribution in [0.3, 0.4) is 0 Å². The van der Waals surface area contributed by atoms with Crippen molar-refractivity contribution in [3.63, 3.8) is 0 Å². The van der Waals surface area contributed by atoms with E-state index in [9.17, 15) is 0 Å². The fourth-order valence-corrected chi connectivity index (χ4v) is 2.77. The van der Waals surface area contributed by atoms with Gasteiger partial charge in [-0.1, -0.05) is 19.0 Å². The van der Waals surface area contributed by atoms with Crippen LogP contribution in [0.15, 0.2) is 16.9 Å². The molecule has 3 aromatic heterocycles. The predicted octanol–water partition coefficient (Wildman–Crippen LogP) is 2.22. The first-order valence-corrected chi connectivity index (χ1v) is 8.33. The molecule has 1 saturated carbocycles. The first kappa shape index (κ1) is 15.0. The molecular formula is C16H21N7O. The third-order valence-electron chi connectivity index (χ3n) is 4.15. The van der Waals surface area contributed by atoms with Crippen LogP contribution in [-0.4, -0.2) is 37.0 Å². The molecule has 24 heavy (non-hydrogen) atoms. The van der Waals surface area contributed by atoms with Gasteiger partial charge in [0.05, 0.1) is 17.9 Å². The highest BCUT2D eigenvalue weighted by Crippen LogP contribution is 2.40. The van der Waals surface area contributed by atoms with Crippen LogP contribution < -0.4 is 4.90 Å². The van der Waals surface area contributed by atoms with Gasteiger partial charge in [0.25, 0.3) is 0 Å². The Balaban J connectivity index is 1.59. The first-order valence-electron chi connectivity index (χ1n) is 8.33. The molecule has 0 aromatic carbocycles. The topological polar surface area (TPSA) is 85.2 Å². The quantitative estimate of drug-likeness (QED) is 0.686. The van der Waals surface area contributed by atoms with Crippen LogP contribution >= 0.6 is 0 Å². The minimum absolute atomic E-state index is 0.493. The summed E-state index contributed by atoms with van der Waals surface area (Å²) in [6.45, 7) is 4.82. The van der Waals surface area contributed by atoms with Gasteiger partial charge in [0.1, 0.15) is 6.33 Å². The molecule has 3 heterocycles. The zero-order chi connectivity index (χ0) is 16.7. The van der Waals surface area contributed by atoms with E-state index in [1.807, 2.05) is 7.05 Å². The van der Waals surface area contributed by atoms with E-state index >= 15 is 0 Å². The lowest BCUT2D eigenvalue weighted by Crippen LogP contribution is -2.19. The molecule has 0 amide bonds. The van der Waals surface area contributed by atoms with E-state index in [1.54, 1.807) is 10.8 Å². The molecule has 1 aliphatic rings. The number of rotatable bonds is 6. The molecule has 0 N–H and O–H groups in total. The third kappa shape index (κ3) is 2.95. The van der Waals surface area contributed by atoms with Crippen molar-refractivity contribution >= 4 is 11.3 Å². The summed E-state index contributed by atoms with van der Waals surface area (Å²) < 4.78 is 7.07. The summed E-state index contributed by atoms with van der Waals surface area (Å²) in [5.74, 6) is 2.42. The largest absolute Gasteiger partial charge is 0.364 e. The summed E-state index contributed by atoms with van der Waals surface area (Å²) in [5.41, 5.74) is 2.82. The van der Waals surface area contributed by atoms with E-state index in [0.717, 1.165) is 23.4 Å². The second kappa shape index (κ2) is 5.85. The third-order valence-corrected chi connectivity index (χ3v) is 4.15. The number of hydrogen-bond acceptors (Lipinski definition) is 7. The number of hydrogen-bond donors (Lipinski definition) is 0. The maximum absolute atomic E-state index is 5.32. The van der Waals surface area contributed by atoms with Crippen LogP contribution in [0.4, 0.5) is 5.69 Å². The van der Waals surface area contributed by atoms with E-state index in [2.05, 4.69) is 50.3 Å². The second-order valence-corrected chi connectivity index (χ2v) is 6.89. The Morgan fingerprint density at radius 2 is 2.21 bits per heavy atom. The summed E-state index contributed by atoms with van der Waals surface area (Å²) in [6, 6.07) is 2.11. The fraction of sp³-hybridized carbons (Fsp3) is 0.562. The molecule has 126 valence electrons. The van der Waals surface area contributed by atoms with Gasteiger partial charge in [-0.15, -0.1) is 10.2 Å².